The third-order valence-electron chi connectivity index (χ3n) is 5.57. The van der Waals surface area contributed by atoms with Crippen molar-refractivity contribution in [2.45, 2.75) is 45.8 Å². The summed E-state index contributed by atoms with van der Waals surface area (Å²) in [5.41, 5.74) is 2.22. The van der Waals surface area contributed by atoms with Gasteiger partial charge in [0.05, 0.1) is 4.88 Å². The minimum atomic E-state index is 0.0674. The molecule has 24 heavy (non-hydrogen) atoms. The van der Waals surface area contributed by atoms with E-state index in [0.717, 1.165) is 28.2 Å². The first-order valence-electron chi connectivity index (χ1n) is 8.79. The Labute approximate surface area is 147 Å². The maximum Gasteiger partial charge on any atom is 0.261 e. The highest BCUT2D eigenvalue weighted by atomic mass is 32.1. The first-order chi connectivity index (χ1) is 11.6. The number of fused-ring (bicyclic) bond motifs is 3. The second-order valence-corrected chi connectivity index (χ2v) is 8.15. The second-order valence-electron chi connectivity index (χ2n) is 7.10. The molecular weight excluding hydrogens is 318 g/mol. The summed E-state index contributed by atoms with van der Waals surface area (Å²) in [7, 11) is 0. The molecule has 0 unspecified atom stereocenters. The smallest absolute Gasteiger partial charge is 0.261 e. The third kappa shape index (κ3) is 2.73. The molecule has 1 aliphatic heterocycles. The lowest BCUT2D eigenvalue weighted by molar-refractivity contribution is 0.0895. The van der Waals surface area contributed by atoms with E-state index < -0.39 is 0 Å². The van der Waals surface area contributed by atoms with Crippen LogP contribution in [0.15, 0.2) is 30.3 Å². The van der Waals surface area contributed by atoms with Gasteiger partial charge in [-0.3, -0.25) is 4.79 Å². The first kappa shape index (κ1) is 15.7. The number of carbonyl (C=O) groups is 1. The van der Waals surface area contributed by atoms with E-state index >= 15 is 0 Å². The van der Waals surface area contributed by atoms with Crippen molar-refractivity contribution in [3.63, 3.8) is 0 Å². The Bertz CT molecular complexity index is 767. The molecule has 0 spiro atoms. The van der Waals surface area contributed by atoms with Gasteiger partial charge in [-0.2, -0.15) is 0 Å². The molecule has 0 radical (unpaired) electrons. The van der Waals surface area contributed by atoms with Crippen molar-refractivity contribution in [2.75, 3.05) is 0 Å². The van der Waals surface area contributed by atoms with Gasteiger partial charge in [-0.1, -0.05) is 38.8 Å². The van der Waals surface area contributed by atoms with Crippen molar-refractivity contribution >= 4 is 17.2 Å². The molecule has 1 aliphatic carbocycles. The van der Waals surface area contributed by atoms with Crippen LogP contribution in [-0.2, 0) is 6.61 Å². The van der Waals surface area contributed by atoms with E-state index in [4.69, 9.17) is 4.74 Å². The molecule has 1 N–H and O–H groups in total. The van der Waals surface area contributed by atoms with Crippen LogP contribution in [0.3, 0.4) is 0 Å². The molecule has 2 aromatic rings. The Balaban J connectivity index is 1.56. The lowest BCUT2D eigenvalue weighted by Gasteiger charge is -2.34. The molecule has 0 saturated heterocycles. The summed E-state index contributed by atoms with van der Waals surface area (Å²) in [6, 6.07) is 10.4. The van der Waals surface area contributed by atoms with Crippen LogP contribution in [0.4, 0.5) is 0 Å². The molecule has 0 bridgehead atoms. The molecule has 1 aromatic heterocycles. The fraction of sp³-hybridized carbons (Fsp3) is 0.450. The van der Waals surface area contributed by atoms with Crippen molar-refractivity contribution in [1.29, 1.82) is 0 Å². The largest absolute Gasteiger partial charge is 0.488 e. The number of thiophene rings is 1. The van der Waals surface area contributed by atoms with Gasteiger partial charge in [0.15, 0.2) is 0 Å². The van der Waals surface area contributed by atoms with E-state index in [1.165, 1.54) is 17.7 Å². The molecular formula is C20H23NO2S. The van der Waals surface area contributed by atoms with Crippen molar-refractivity contribution in [1.82, 2.24) is 5.32 Å². The summed E-state index contributed by atoms with van der Waals surface area (Å²) >= 11 is 1.58. The minimum absolute atomic E-state index is 0.0674. The fourth-order valence-corrected chi connectivity index (χ4v) is 4.94. The van der Waals surface area contributed by atoms with Crippen LogP contribution in [0.2, 0.25) is 0 Å². The number of rotatable bonds is 2. The highest BCUT2D eigenvalue weighted by Gasteiger charge is 2.29. The Morgan fingerprint density at radius 1 is 1.25 bits per heavy atom. The maximum absolute atomic E-state index is 12.8. The zero-order valence-corrected chi connectivity index (χ0v) is 15.0. The number of para-hydroxylation sites is 1. The lowest BCUT2D eigenvalue weighted by Crippen LogP contribution is -2.43. The highest BCUT2D eigenvalue weighted by molar-refractivity contribution is 7.17. The number of benzene rings is 1. The van der Waals surface area contributed by atoms with Crippen LogP contribution >= 0.6 is 11.3 Å². The Morgan fingerprint density at radius 3 is 2.96 bits per heavy atom. The molecule has 2 aliphatic rings. The van der Waals surface area contributed by atoms with E-state index in [9.17, 15) is 4.79 Å². The maximum atomic E-state index is 12.8. The predicted molar refractivity (Wildman–Crippen MR) is 97.5 cm³/mol. The molecule has 4 heteroatoms. The van der Waals surface area contributed by atoms with Crippen LogP contribution in [0.5, 0.6) is 5.75 Å². The Kier molecular flexibility index (Phi) is 4.09. The standard InChI is InChI=1S/C20H23NO2S/c1-12-6-5-8-16(13(12)2)21-20(22)18-10-14-11-23-17-9-4-3-7-15(17)19(14)24-18/h3-4,7,9-10,12-13,16H,5-6,8,11H2,1-2H3,(H,21,22)/t12-,13-,16+/m1/s1. The van der Waals surface area contributed by atoms with Gasteiger partial charge in [-0.15, -0.1) is 11.3 Å². The molecule has 126 valence electrons. The molecule has 1 fully saturated rings. The van der Waals surface area contributed by atoms with E-state index in [-0.39, 0.29) is 5.91 Å². The number of hydrogen-bond donors (Lipinski definition) is 1. The predicted octanol–water partition coefficient (Wildman–Crippen LogP) is 4.86. The summed E-state index contributed by atoms with van der Waals surface area (Å²) in [5, 5.41) is 3.28. The van der Waals surface area contributed by atoms with E-state index in [1.807, 2.05) is 24.3 Å². The summed E-state index contributed by atoms with van der Waals surface area (Å²) in [6.45, 7) is 5.10. The van der Waals surface area contributed by atoms with Gasteiger partial charge in [0.2, 0.25) is 0 Å². The monoisotopic (exact) mass is 341 g/mol. The molecule has 2 heterocycles. The number of nitrogens with one attached hydrogen (secondary N) is 1. The number of carbonyl (C=O) groups excluding carboxylic acids is 1. The van der Waals surface area contributed by atoms with Crippen LogP contribution in [0.25, 0.3) is 10.4 Å². The average Bonchev–Trinajstić information content (AvgIpc) is 3.04. The summed E-state index contributed by atoms with van der Waals surface area (Å²) in [4.78, 5) is 14.7. The van der Waals surface area contributed by atoms with Crippen LogP contribution in [0, 0.1) is 11.8 Å². The lowest BCUT2D eigenvalue weighted by atomic mass is 9.78. The van der Waals surface area contributed by atoms with Gasteiger partial charge < -0.3 is 10.1 Å². The fourth-order valence-electron chi connectivity index (χ4n) is 3.84. The van der Waals surface area contributed by atoms with E-state index in [2.05, 4.69) is 25.2 Å². The van der Waals surface area contributed by atoms with Gasteiger partial charge in [-0.25, -0.2) is 0 Å². The van der Waals surface area contributed by atoms with Gasteiger partial charge >= 0.3 is 0 Å². The molecule has 3 atom stereocenters. The van der Waals surface area contributed by atoms with Gasteiger partial charge in [-0.05, 0) is 36.5 Å². The Hall–Kier alpha value is -1.81. The van der Waals surface area contributed by atoms with Gasteiger partial charge in [0.25, 0.3) is 5.91 Å². The highest BCUT2D eigenvalue weighted by Crippen LogP contribution is 2.42. The third-order valence-corrected chi connectivity index (χ3v) is 6.78. The minimum Gasteiger partial charge on any atom is -0.488 e. The summed E-state index contributed by atoms with van der Waals surface area (Å²) in [5.74, 6) is 2.20. The zero-order chi connectivity index (χ0) is 16.7. The van der Waals surface area contributed by atoms with Crippen molar-refractivity contribution in [3.8, 4) is 16.2 Å². The second kappa shape index (κ2) is 6.25. The molecule has 1 aromatic carbocycles. The zero-order valence-electron chi connectivity index (χ0n) is 14.2. The topological polar surface area (TPSA) is 38.3 Å². The molecule has 3 nitrogen and oxygen atoms in total. The average molecular weight is 341 g/mol. The quantitative estimate of drug-likeness (QED) is 0.847. The first-order valence-corrected chi connectivity index (χ1v) is 9.61. The number of hydrogen-bond acceptors (Lipinski definition) is 3. The van der Waals surface area contributed by atoms with Crippen molar-refractivity contribution in [2.24, 2.45) is 11.8 Å². The number of amides is 1. The SMILES string of the molecule is C[C@@H]1[C@H](C)CCC[C@@H]1NC(=O)c1cc2c(s1)-c1ccccc1OC2. The van der Waals surface area contributed by atoms with Gasteiger partial charge in [0.1, 0.15) is 12.4 Å². The summed E-state index contributed by atoms with van der Waals surface area (Å²) < 4.78 is 5.80. The van der Waals surface area contributed by atoms with Crippen LogP contribution < -0.4 is 10.1 Å². The molecule has 1 saturated carbocycles. The van der Waals surface area contributed by atoms with Gasteiger partial charge in [0, 0.05) is 22.0 Å². The van der Waals surface area contributed by atoms with Crippen LogP contribution in [-0.4, -0.2) is 11.9 Å². The normalized spacial score (nSPS) is 25.3. The van der Waals surface area contributed by atoms with Crippen LogP contribution in [0.1, 0.15) is 48.3 Å². The summed E-state index contributed by atoms with van der Waals surface area (Å²) in [6.07, 6.45) is 3.57. The van der Waals surface area contributed by atoms with E-state index in [1.54, 1.807) is 11.3 Å². The Morgan fingerprint density at radius 2 is 2.08 bits per heavy atom. The van der Waals surface area contributed by atoms with E-state index in [0.29, 0.717) is 24.5 Å². The number of ether oxygens (including phenoxy) is 1. The molecule has 4 rings (SSSR count). The van der Waals surface area contributed by atoms with Crippen molar-refractivity contribution < 1.29 is 9.53 Å². The molecule has 1 amide bonds. The van der Waals surface area contributed by atoms with Crippen molar-refractivity contribution in [3.05, 3.63) is 40.8 Å².